The molecule has 2 aromatic rings. The van der Waals surface area contributed by atoms with E-state index < -0.39 is 0 Å². The van der Waals surface area contributed by atoms with E-state index in [1.807, 2.05) is 13.8 Å². The molecule has 0 radical (unpaired) electrons. The maximum absolute atomic E-state index is 13.1. The topological polar surface area (TPSA) is 54.0 Å². The molecule has 0 bridgehead atoms. The van der Waals surface area contributed by atoms with E-state index in [-0.39, 0.29) is 36.2 Å². The quantitative estimate of drug-likeness (QED) is 0.839. The molecule has 3 rings (SSSR count). The number of nitrogens with one attached hydrogen (secondary N) is 2. The van der Waals surface area contributed by atoms with Crippen molar-refractivity contribution in [3.05, 3.63) is 40.7 Å². The zero-order chi connectivity index (χ0) is 17.1. The zero-order valence-corrected chi connectivity index (χ0v) is 16.0. The molecule has 2 unspecified atom stereocenters. The molecule has 0 saturated carbocycles. The van der Waals surface area contributed by atoms with Crippen LogP contribution in [0.4, 0.5) is 4.39 Å². The number of nitrogens with zero attached hydrogens (tertiary/aromatic N) is 1. The van der Waals surface area contributed by atoms with Crippen LogP contribution in [0, 0.1) is 12.7 Å². The van der Waals surface area contributed by atoms with Crippen LogP contribution in [0.1, 0.15) is 42.8 Å². The molecule has 1 aromatic carbocycles. The highest BCUT2D eigenvalue weighted by Gasteiger charge is 2.23. The predicted molar refractivity (Wildman–Crippen MR) is 102 cm³/mol. The number of aryl methyl sites for hydroxylation is 1. The Morgan fingerprint density at radius 1 is 1.36 bits per heavy atom. The molecule has 7 heteroatoms. The van der Waals surface area contributed by atoms with Crippen LogP contribution in [0.3, 0.4) is 0 Å². The molecule has 1 fully saturated rings. The maximum atomic E-state index is 13.1. The van der Waals surface area contributed by atoms with Gasteiger partial charge in [-0.2, -0.15) is 0 Å². The normalized spacial score (nSPS) is 18.3. The van der Waals surface area contributed by atoms with Gasteiger partial charge in [0.25, 0.3) is 0 Å². The lowest BCUT2D eigenvalue weighted by atomic mass is 10.0. The molecule has 136 valence electrons. The molecular weight excluding hydrogens is 361 g/mol. The first-order valence-corrected chi connectivity index (χ1v) is 9.13. The number of hydrogen-bond acceptors (Lipinski definition) is 4. The molecule has 2 atom stereocenters. The Bertz CT molecular complexity index is 714. The minimum atomic E-state index is -0.257. The highest BCUT2D eigenvalue weighted by molar-refractivity contribution is 7.15. The lowest BCUT2D eigenvalue weighted by Gasteiger charge is -2.24. The third-order valence-corrected chi connectivity index (χ3v) is 5.69. The second-order valence-electron chi connectivity index (χ2n) is 6.21. The van der Waals surface area contributed by atoms with E-state index in [0.717, 1.165) is 46.9 Å². The van der Waals surface area contributed by atoms with Crippen molar-refractivity contribution in [2.45, 2.75) is 45.2 Å². The lowest BCUT2D eigenvalue weighted by molar-refractivity contribution is -0.124. The number of rotatable bonds is 4. The van der Waals surface area contributed by atoms with Crippen LogP contribution < -0.4 is 10.6 Å². The van der Waals surface area contributed by atoms with Crippen LogP contribution in [0.15, 0.2) is 24.3 Å². The Morgan fingerprint density at radius 3 is 2.72 bits per heavy atom. The van der Waals surface area contributed by atoms with Gasteiger partial charge in [0.1, 0.15) is 10.8 Å². The molecule has 2 heterocycles. The molecule has 1 saturated heterocycles. The first kappa shape index (κ1) is 19.8. The monoisotopic (exact) mass is 383 g/mol. The van der Waals surface area contributed by atoms with Crippen molar-refractivity contribution in [1.29, 1.82) is 0 Å². The van der Waals surface area contributed by atoms with E-state index in [2.05, 4.69) is 15.6 Å². The molecule has 0 spiro atoms. The third-order valence-electron chi connectivity index (χ3n) is 4.30. The minimum absolute atomic E-state index is 0. The van der Waals surface area contributed by atoms with Crippen molar-refractivity contribution in [2.24, 2.45) is 0 Å². The first-order chi connectivity index (χ1) is 11.5. The molecule has 4 nitrogen and oxygen atoms in total. The molecule has 1 aliphatic heterocycles. The summed E-state index contributed by atoms with van der Waals surface area (Å²) in [7, 11) is 0. The smallest absolute Gasteiger partial charge is 0.237 e. The van der Waals surface area contributed by atoms with E-state index >= 15 is 0 Å². The summed E-state index contributed by atoms with van der Waals surface area (Å²) in [5.41, 5.74) is 1.80. The highest BCUT2D eigenvalue weighted by Crippen LogP contribution is 2.31. The SMILES string of the molecule is Cc1nc(-c2ccc(F)cc2)sc1C(C)NC(=O)C1CCCCN1.Cl. The van der Waals surface area contributed by atoms with Gasteiger partial charge in [0.05, 0.1) is 22.7 Å². The molecule has 25 heavy (non-hydrogen) atoms. The average molecular weight is 384 g/mol. The van der Waals surface area contributed by atoms with Gasteiger partial charge >= 0.3 is 0 Å². The van der Waals surface area contributed by atoms with Gasteiger partial charge < -0.3 is 10.6 Å². The molecule has 2 N–H and O–H groups in total. The Kier molecular flexibility index (Phi) is 6.93. The predicted octanol–water partition coefficient (Wildman–Crippen LogP) is 4.00. The summed E-state index contributed by atoms with van der Waals surface area (Å²) in [4.78, 5) is 18.0. The van der Waals surface area contributed by atoms with E-state index in [1.165, 1.54) is 12.1 Å². The summed E-state index contributed by atoms with van der Waals surface area (Å²) in [6.07, 6.45) is 3.11. The summed E-state index contributed by atoms with van der Waals surface area (Å²) in [6, 6.07) is 6.15. The van der Waals surface area contributed by atoms with Crippen molar-refractivity contribution in [3.8, 4) is 10.6 Å². The van der Waals surface area contributed by atoms with Crippen molar-refractivity contribution in [3.63, 3.8) is 0 Å². The number of carbonyl (C=O) groups excluding carboxylic acids is 1. The standard InChI is InChI=1S/C18H22FN3OS.ClH/c1-11(21-17(23)15-5-3-4-10-20-15)16-12(2)22-18(24-16)13-6-8-14(19)9-7-13;/h6-9,11,15,20H,3-5,10H2,1-2H3,(H,21,23);1H. The van der Waals surface area contributed by atoms with Crippen LogP contribution in [-0.2, 0) is 4.79 Å². The van der Waals surface area contributed by atoms with Gasteiger partial charge in [-0.15, -0.1) is 23.7 Å². The second-order valence-corrected chi connectivity index (χ2v) is 7.24. The summed E-state index contributed by atoms with van der Waals surface area (Å²) < 4.78 is 13.1. The first-order valence-electron chi connectivity index (χ1n) is 8.31. The van der Waals surface area contributed by atoms with Crippen LogP contribution >= 0.6 is 23.7 Å². The van der Waals surface area contributed by atoms with Crippen molar-refractivity contribution < 1.29 is 9.18 Å². The summed E-state index contributed by atoms with van der Waals surface area (Å²) in [6.45, 7) is 4.83. The maximum Gasteiger partial charge on any atom is 0.237 e. The second kappa shape index (κ2) is 8.74. The van der Waals surface area contributed by atoms with Gasteiger partial charge in [-0.25, -0.2) is 9.37 Å². The fraction of sp³-hybridized carbons (Fsp3) is 0.444. The largest absolute Gasteiger partial charge is 0.347 e. The fourth-order valence-electron chi connectivity index (χ4n) is 2.98. The fourth-order valence-corrected chi connectivity index (χ4v) is 4.05. The van der Waals surface area contributed by atoms with Gasteiger partial charge in [0, 0.05) is 5.56 Å². The third kappa shape index (κ3) is 4.77. The van der Waals surface area contributed by atoms with Gasteiger partial charge in [0.15, 0.2) is 0 Å². The van der Waals surface area contributed by atoms with Gasteiger partial charge in [-0.1, -0.05) is 6.42 Å². The number of amides is 1. The number of aromatic nitrogens is 1. The Morgan fingerprint density at radius 2 is 2.08 bits per heavy atom. The highest BCUT2D eigenvalue weighted by atomic mass is 35.5. The molecular formula is C18H23ClFN3OS. The summed E-state index contributed by atoms with van der Waals surface area (Å²) in [5.74, 6) is -0.203. The van der Waals surface area contributed by atoms with Crippen molar-refractivity contribution >= 4 is 29.7 Å². The van der Waals surface area contributed by atoms with E-state index in [1.54, 1.807) is 23.5 Å². The number of benzene rings is 1. The van der Waals surface area contributed by atoms with E-state index in [4.69, 9.17) is 0 Å². The number of thiazole rings is 1. The molecule has 1 aliphatic rings. The van der Waals surface area contributed by atoms with Crippen LogP contribution in [0.25, 0.3) is 10.6 Å². The zero-order valence-electron chi connectivity index (χ0n) is 14.3. The van der Waals surface area contributed by atoms with Crippen molar-refractivity contribution in [1.82, 2.24) is 15.6 Å². The number of halogens is 2. The van der Waals surface area contributed by atoms with Crippen LogP contribution in [0.2, 0.25) is 0 Å². The summed E-state index contributed by atoms with van der Waals surface area (Å²) >= 11 is 1.55. The Labute approximate surface area is 157 Å². The Balaban J connectivity index is 0.00000225. The van der Waals surface area contributed by atoms with E-state index in [9.17, 15) is 9.18 Å². The average Bonchev–Trinajstić information content (AvgIpc) is 2.98. The molecule has 0 aliphatic carbocycles. The number of piperidine rings is 1. The van der Waals surface area contributed by atoms with Gasteiger partial charge in [0.2, 0.25) is 5.91 Å². The summed E-state index contributed by atoms with van der Waals surface area (Å²) in [5, 5.41) is 7.20. The lowest BCUT2D eigenvalue weighted by Crippen LogP contribution is -2.47. The van der Waals surface area contributed by atoms with Gasteiger partial charge in [-0.05, 0) is 57.5 Å². The van der Waals surface area contributed by atoms with Gasteiger partial charge in [-0.3, -0.25) is 4.79 Å². The molecule has 1 aromatic heterocycles. The van der Waals surface area contributed by atoms with Crippen LogP contribution in [-0.4, -0.2) is 23.5 Å². The van der Waals surface area contributed by atoms with Crippen LogP contribution in [0.5, 0.6) is 0 Å². The Hall–Kier alpha value is -1.50. The van der Waals surface area contributed by atoms with Crippen molar-refractivity contribution in [2.75, 3.05) is 6.54 Å². The number of hydrogen-bond donors (Lipinski definition) is 2. The number of carbonyl (C=O) groups is 1. The molecule has 1 amide bonds. The van der Waals surface area contributed by atoms with E-state index in [0.29, 0.717) is 0 Å². The minimum Gasteiger partial charge on any atom is -0.347 e.